The van der Waals surface area contributed by atoms with Crippen LogP contribution in [0.25, 0.3) is 0 Å². The molecule has 5 rings (SSSR count). The lowest BCUT2D eigenvalue weighted by molar-refractivity contribution is -0.153. The monoisotopic (exact) mass is 433 g/mol. The highest BCUT2D eigenvalue weighted by atomic mass is 19.4. The zero-order valence-electron chi connectivity index (χ0n) is 16.1. The van der Waals surface area contributed by atoms with Crippen LogP contribution in [0.3, 0.4) is 0 Å². The molecule has 1 amide bonds. The molecule has 2 aliphatic heterocycles. The number of amides is 1. The molecule has 5 nitrogen and oxygen atoms in total. The Morgan fingerprint density at radius 3 is 2.61 bits per heavy atom. The van der Waals surface area contributed by atoms with Crippen LogP contribution in [0.5, 0.6) is 11.5 Å². The Hall–Kier alpha value is -3.49. The van der Waals surface area contributed by atoms with Crippen molar-refractivity contribution in [1.29, 1.82) is 0 Å². The highest BCUT2D eigenvalue weighted by Crippen LogP contribution is 2.53. The number of carbonyl (C=O) groups excluding carboxylic acids is 1. The van der Waals surface area contributed by atoms with Crippen LogP contribution in [0.2, 0.25) is 0 Å². The third kappa shape index (κ3) is 2.72. The average Bonchev–Trinajstić information content (AvgIpc) is 3.41. The van der Waals surface area contributed by atoms with Crippen molar-refractivity contribution in [1.82, 2.24) is 0 Å². The minimum atomic E-state index is -4.62. The van der Waals surface area contributed by atoms with Gasteiger partial charge in [-0.05, 0) is 29.8 Å². The number of alkyl halides is 3. The van der Waals surface area contributed by atoms with Gasteiger partial charge in [-0.2, -0.15) is 13.2 Å². The minimum absolute atomic E-state index is 0.0124. The second kappa shape index (κ2) is 6.50. The summed E-state index contributed by atoms with van der Waals surface area (Å²) in [6, 6.07) is 11.5. The number of benzene rings is 2. The molecule has 3 aromatic rings. The number of furan rings is 1. The number of hydrogen-bond acceptors (Lipinski definition) is 4. The molecule has 3 heterocycles. The predicted octanol–water partition coefficient (Wildman–Crippen LogP) is 4.67. The maximum absolute atomic E-state index is 14.5. The highest BCUT2D eigenvalue weighted by molar-refractivity contribution is 6.11. The molecule has 0 bridgehead atoms. The number of fused-ring (bicyclic) bond motifs is 4. The minimum Gasteiger partial charge on any atom is -0.494 e. The first-order valence-electron chi connectivity index (χ1n) is 9.34. The first-order chi connectivity index (χ1) is 14.8. The number of rotatable bonds is 3. The summed E-state index contributed by atoms with van der Waals surface area (Å²) in [6.45, 7) is -0.269. The molecule has 0 saturated heterocycles. The molecule has 0 aliphatic carbocycles. The Morgan fingerprint density at radius 2 is 1.90 bits per heavy atom. The van der Waals surface area contributed by atoms with Crippen molar-refractivity contribution in [2.45, 2.75) is 18.1 Å². The normalized spacial score (nSPS) is 19.5. The van der Waals surface area contributed by atoms with E-state index in [1.54, 1.807) is 24.3 Å². The van der Waals surface area contributed by atoms with E-state index >= 15 is 0 Å². The molecule has 2 aliphatic rings. The maximum Gasteiger partial charge on any atom is 0.449 e. The van der Waals surface area contributed by atoms with Gasteiger partial charge in [0.2, 0.25) is 11.7 Å². The standard InChI is InChI=1S/C22H15F4NO4/c1-29-18-9-17-14(8-15(18)23)21(11-30-17)13-4-2-3-5-16(13)27(20(21)28)10-12-6-7-19(31-12)22(24,25)26/h2-9H,10-11H2,1H3. The summed E-state index contributed by atoms with van der Waals surface area (Å²) in [7, 11) is 1.33. The molecule has 160 valence electrons. The first kappa shape index (κ1) is 19.5. The smallest absolute Gasteiger partial charge is 0.449 e. The van der Waals surface area contributed by atoms with E-state index in [4.69, 9.17) is 13.9 Å². The van der Waals surface area contributed by atoms with Crippen molar-refractivity contribution >= 4 is 11.6 Å². The van der Waals surface area contributed by atoms with Crippen LogP contribution in [0.15, 0.2) is 52.9 Å². The van der Waals surface area contributed by atoms with Crippen LogP contribution in [0.4, 0.5) is 23.2 Å². The van der Waals surface area contributed by atoms with Crippen LogP contribution in [0, 0.1) is 5.82 Å². The second-order valence-corrected chi connectivity index (χ2v) is 7.35. The van der Waals surface area contributed by atoms with Crippen LogP contribution in [-0.4, -0.2) is 19.6 Å². The summed E-state index contributed by atoms with van der Waals surface area (Å²) >= 11 is 0. The van der Waals surface area contributed by atoms with Crippen LogP contribution < -0.4 is 14.4 Å². The number of halogens is 4. The largest absolute Gasteiger partial charge is 0.494 e. The molecule has 0 fully saturated rings. The van der Waals surface area contributed by atoms with Gasteiger partial charge in [0.1, 0.15) is 23.5 Å². The third-order valence-corrected chi connectivity index (χ3v) is 5.68. The Balaban J connectivity index is 1.60. The zero-order chi connectivity index (χ0) is 22.0. The van der Waals surface area contributed by atoms with Crippen molar-refractivity contribution in [3.05, 3.63) is 77.0 Å². The van der Waals surface area contributed by atoms with Gasteiger partial charge in [-0.3, -0.25) is 4.79 Å². The van der Waals surface area contributed by atoms with Gasteiger partial charge in [0, 0.05) is 17.3 Å². The van der Waals surface area contributed by atoms with Crippen molar-refractivity contribution in [2.75, 3.05) is 18.6 Å². The van der Waals surface area contributed by atoms with Gasteiger partial charge in [-0.1, -0.05) is 18.2 Å². The second-order valence-electron chi connectivity index (χ2n) is 7.35. The first-order valence-corrected chi connectivity index (χ1v) is 9.34. The highest BCUT2D eigenvalue weighted by Gasteiger charge is 2.57. The van der Waals surface area contributed by atoms with Gasteiger partial charge in [0.05, 0.1) is 13.7 Å². The van der Waals surface area contributed by atoms with Crippen LogP contribution >= 0.6 is 0 Å². The van der Waals surface area contributed by atoms with Crippen molar-refractivity contribution in [2.24, 2.45) is 0 Å². The molecular formula is C22H15F4NO4. The van der Waals surface area contributed by atoms with Crippen molar-refractivity contribution in [3.8, 4) is 11.5 Å². The maximum atomic E-state index is 14.5. The fraction of sp³-hybridized carbons (Fsp3) is 0.227. The van der Waals surface area contributed by atoms with E-state index in [-0.39, 0.29) is 24.7 Å². The van der Waals surface area contributed by atoms with Gasteiger partial charge in [-0.25, -0.2) is 4.39 Å². The Morgan fingerprint density at radius 1 is 1.13 bits per heavy atom. The average molecular weight is 433 g/mol. The molecule has 1 aromatic heterocycles. The Kier molecular flexibility index (Phi) is 4.08. The van der Waals surface area contributed by atoms with E-state index in [0.29, 0.717) is 22.6 Å². The van der Waals surface area contributed by atoms with Gasteiger partial charge in [-0.15, -0.1) is 0 Å². The molecule has 31 heavy (non-hydrogen) atoms. The van der Waals surface area contributed by atoms with Gasteiger partial charge in [0.25, 0.3) is 0 Å². The number of nitrogens with zero attached hydrogens (tertiary/aromatic N) is 1. The summed E-state index contributed by atoms with van der Waals surface area (Å²) in [5.41, 5.74) is 0.135. The summed E-state index contributed by atoms with van der Waals surface area (Å²) < 4.78 is 68.9. The number of carbonyl (C=O) groups is 1. The quantitative estimate of drug-likeness (QED) is 0.564. The molecular weight excluding hydrogens is 418 g/mol. The van der Waals surface area contributed by atoms with Crippen LogP contribution in [0.1, 0.15) is 22.6 Å². The zero-order valence-corrected chi connectivity index (χ0v) is 16.1. The molecule has 2 aromatic carbocycles. The summed E-state index contributed by atoms with van der Waals surface area (Å²) in [4.78, 5) is 15.0. The predicted molar refractivity (Wildman–Crippen MR) is 101 cm³/mol. The van der Waals surface area contributed by atoms with Crippen LogP contribution in [-0.2, 0) is 22.9 Å². The van der Waals surface area contributed by atoms with E-state index < -0.39 is 29.1 Å². The topological polar surface area (TPSA) is 51.9 Å². The molecule has 9 heteroatoms. The number of methoxy groups -OCH3 is 1. The SMILES string of the molecule is COc1cc2c(cc1F)C1(CO2)C(=O)N(Cc2ccc(C(F)(F)F)o2)c2ccccc21. The fourth-order valence-corrected chi connectivity index (χ4v) is 4.26. The van der Waals surface area contributed by atoms with Gasteiger partial charge >= 0.3 is 6.18 Å². The van der Waals surface area contributed by atoms with Gasteiger partial charge in [0.15, 0.2) is 11.6 Å². The molecule has 0 N–H and O–H groups in total. The molecule has 1 atom stereocenters. The third-order valence-electron chi connectivity index (χ3n) is 5.68. The molecule has 0 saturated carbocycles. The van der Waals surface area contributed by atoms with Crippen molar-refractivity contribution < 1.29 is 36.2 Å². The number of ether oxygens (including phenoxy) is 2. The molecule has 0 radical (unpaired) electrons. The van der Waals surface area contributed by atoms with E-state index in [2.05, 4.69) is 0 Å². The van der Waals surface area contributed by atoms with E-state index in [1.165, 1.54) is 30.2 Å². The molecule has 1 spiro atoms. The van der Waals surface area contributed by atoms with E-state index in [1.807, 2.05) is 0 Å². The lowest BCUT2D eigenvalue weighted by atomic mass is 9.77. The lowest BCUT2D eigenvalue weighted by Crippen LogP contribution is -2.42. The molecule has 1 unspecified atom stereocenters. The Labute approximate surface area is 173 Å². The lowest BCUT2D eigenvalue weighted by Gasteiger charge is -2.22. The summed E-state index contributed by atoms with van der Waals surface area (Å²) in [5, 5.41) is 0. The fourth-order valence-electron chi connectivity index (χ4n) is 4.26. The van der Waals surface area contributed by atoms with Crippen molar-refractivity contribution in [3.63, 3.8) is 0 Å². The number of anilines is 1. The number of para-hydroxylation sites is 1. The van der Waals surface area contributed by atoms with E-state index in [9.17, 15) is 22.4 Å². The summed E-state index contributed by atoms with van der Waals surface area (Å²) in [5.74, 6) is -1.92. The number of hydrogen-bond donors (Lipinski definition) is 0. The van der Waals surface area contributed by atoms with E-state index in [0.717, 1.165) is 6.07 Å². The summed E-state index contributed by atoms with van der Waals surface area (Å²) in [6.07, 6.45) is -4.62. The Bertz CT molecular complexity index is 1200. The van der Waals surface area contributed by atoms with Gasteiger partial charge < -0.3 is 18.8 Å².